The monoisotopic (exact) mass is 370 g/mol. The van der Waals surface area contributed by atoms with E-state index in [1.807, 2.05) is 0 Å². The molecular weight excluding hydrogens is 359 g/mol. The summed E-state index contributed by atoms with van der Waals surface area (Å²) >= 11 is 5.96. The zero-order chi connectivity index (χ0) is 18.7. The topological polar surface area (TPSA) is 79.0 Å². The summed E-state index contributed by atoms with van der Waals surface area (Å²) in [6.45, 7) is 0. The standard InChI is InChI=1S/C19H12ClFN2O3/c20-12-6-7-16(23-19(26)11-5-8-17(24)22-10-11)14(9-12)18(25)13-3-1-2-4-15(13)21/h1-10H,(H,22,24)(H,23,26). The lowest BCUT2D eigenvalue weighted by molar-refractivity contribution is 0.102. The van der Waals surface area contributed by atoms with E-state index in [0.717, 1.165) is 0 Å². The number of halogens is 2. The highest BCUT2D eigenvalue weighted by Gasteiger charge is 2.19. The average molecular weight is 371 g/mol. The number of carbonyl (C=O) groups is 2. The number of aromatic amines is 1. The van der Waals surface area contributed by atoms with Gasteiger partial charge in [0, 0.05) is 22.8 Å². The van der Waals surface area contributed by atoms with Crippen molar-refractivity contribution in [3.8, 4) is 0 Å². The molecule has 26 heavy (non-hydrogen) atoms. The summed E-state index contributed by atoms with van der Waals surface area (Å²) in [4.78, 5) is 38.5. The second kappa shape index (κ2) is 7.33. The lowest BCUT2D eigenvalue weighted by Crippen LogP contribution is -2.17. The van der Waals surface area contributed by atoms with Gasteiger partial charge in [0.15, 0.2) is 5.78 Å². The van der Waals surface area contributed by atoms with Crippen LogP contribution in [0.5, 0.6) is 0 Å². The van der Waals surface area contributed by atoms with Gasteiger partial charge in [0.2, 0.25) is 5.56 Å². The number of hydrogen-bond acceptors (Lipinski definition) is 3. The maximum Gasteiger partial charge on any atom is 0.257 e. The van der Waals surface area contributed by atoms with Crippen LogP contribution >= 0.6 is 11.6 Å². The molecule has 3 rings (SSSR count). The van der Waals surface area contributed by atoms with Gasteiger partial charge < -0.3 is 10.3 Å². The van der Waals surface area contributed by atoms with Crippen LogP contribution in [-0.2, 0) is 0 Å². The van der Waals surface area contributed by atoms with Crippen molar-refractivity contribution in [1.82, 2.24) is 4.98 Å². The summed E-state index contributed by atoms with van der Waals surface area (Å²) in [5, 5.41) is 2.85. The third kappa shape index (κ3) is 3.70. The molecule has 1 heterocycles. The van der Waals surface area contributed by atoms with Crippen LogP contribution in [0.15, 0.2) is 65.6 Å². The molecule has 0 unspecified atom stereocenters. The number of pyridine rings is 1. The highest BCUT2D eigenvalue weighted by molar-refractivity contribution is 6.31. The number of nitrogens with one attached hydrogen (secondary N) is 2. The van der Waals surface area contributed by atoms with Gasteiger partial charge in [-0.15, -0.1) is 0 Å². The molecule has 0 radical (unpaired) electrons. The first-order chi connectivity index (χ1) is 12.5. The Kier molecular flexibility index (Phi) is 4.95. The van der Waals surface area contributed by atoms with E-state index in [0.29, 0.717) is 0 Å². The van der Waals surface area contributed by atoms with E-state index < -0.39 is 17.5 Å². The van der Waals surface area contributed by atoms with Crippen LogP contribution in [0.25, 0.3) is 0 Å². The highest BCUT2D eigenvalue weighted by Crippen LogP contribution is 2.25. The zero-order valence-electron chi connectivity index (χ0n) is 13.3. The van der Waals surface area contributed by atoms with Gasteiger partial charge in [0.25, 0.3) is 5.91 Å². The molecule has 0 spiro atoms. The Morgan fingerprint density at radius 1 is 1.00 bits per heavy atom. The molecule has 7 heteroatoms. The van der Waals surface area contributed by atoms with Gasteiger partial charge >= 0.3 is 0 Å². The average Bonchev–Trinajstić information content (AvgIpc) is 2.63. The molecule has 0 aliphatic heterocycles. The minimum absolute atomic E-state index is 0.0559. The van der Waals surface area contributed by atoms with Crippen LogP contribution in [0.4, 0.5) is 10.1 Å². The number of ketones is 1. The number of anilines is 1. The van der Waals surface area contributed by atoms with E-state index in [9.17, 15) is 18.8 Å². The predicted octanol–water partition coefficient (Wildman–Crippen LogP) is 3.65. The predicted molar refractivity (Wildman–Crippen MR) is 96.3 cm³/mol. The molecule has 2 aromatic carbocycles. The molecule has 0 aliphatic rings. The molecule has 0 fully saturated rings. The molecule has 3 aromatic rings. The first-order valence-corrected chi connectivity index (χ1v) is 7.92. The van der Waals surface area contributed by atoms with Crippen LogP contribution in [0, 0.1) is 5.82 Å². The molecule has 1 amide bonds. The van der Waals surface area contributed by atoms with Crippen molar-refractivity contribution >= 4 is 29.0 Å². The number of carbonyl (C=O) groups excluding carboxylic acids is 2. The number of amides is 1. The maximum absolute atomic E-state index is 13.9. The molecule has 130 valence electrons. The fourth-order valence-corrected chi connectivity index (χ4v) is 2.52. The second-order valence-corrected chi connectivity index (χ2v) is 5.83. The Hall–Kier alpha value is -3.25. The molecule has 2 N–H and O–H groups in total. The largest absolute Gasteiger partial charge is 0.328 e. The summed E-state index contributed by atoms with van der Waals surface area (Å²) in [5.41, 5.74) is -0.0409. The Bertz CT molecular complexity index is 1040. The van der Waals surface area contributed by atoms with Crippen molar-refractivity contribution in [3.05, 3.63) is 98.7 Å². The molecule has 0 saturated heterocycles. The molecule has 0 aliphatic carbocycles. The molecule has 1 aromatic heterocycles. The molecule has 0 bridgehead atoms. The molecule has 0 saturated carbocycles. The van der Waals surface area contributed by atoms with Crippen molar-refractivity contribution < 1.29 is 14.0 Å². The number of rotatable bonds is 4. The SMILES string of the molecule is O=C(Nc1ccc(Cl)cc1C(=O)c1ccccc1F)c1ccc(=O)[nH]c1. The molecule has 5 nitrogen and oxygen atoms in total. The van der Waals surface area contributed by atoms with Gasteiger partial charge in [0.05, 0.1) is 16.8 Å². The quantitative estimate of drug-likeness (QED) is 0.688. The first-order valence-electron chi connectivity index (χ1n) is 7.54. The van der Waals surface area contributed by atoms with E-state index in [4.69, 9.17) is 11.6 Å². The summed E-state index contributed by atoms with van der Waals surface area (Å²) in [7, 11) is 0. The molecule has 0 atom stereocenters. The fourth-order valence-electron chi connectivity index (χ4n) is 2.35. The van der Waals surface area contributed by atoms with Gasteiger partial charge in [0.1, 0.15) is 5.82 Å². The fraction of sp³-hybridized carbons (Fsp3) is 0. The van der Waals surface area contributed by atoms with E-state index >= 15 is 0 Å². The number of benzene rings is 2. The van der Waals surface area contributed by atoms with E-state index in [-0.39, 0.29) is 33.0 Å². The Balaban J connectivity index is 1.97. The van der Waals surface area contributed by atoms with Gasteiger partial charge in [-0.3, -0.25) is 14.4 Å². The van der Waals surface area contributed by atoms with Crippen molar-refractivity contribution in [2.45, 2.75) is 0 Å². The number of H-pyrrole nitrogens is 1. The van der Waals surface area contributed by atoms with Gasteiger partial charge in [-0.2, -0.15) is 0 Å². The van der Waals surface area contributed by atoms with Crippen molar-refractivity contribution in [1.29, 1.82) is 0 Å². The number of aromatic nitrogens is 1. The Morgan fingerprint density at radius 2 is 1.77 bits per heavy atom. The second-order valence-electron chi connectivity index (χ2n) is 5.39. The van der Waals surface area contributed by atoms with Gasteiger partial charge in [-0.05, 0) is 36.4 Å². The Labute approximate surface area is 152 Å². The lowest BCUT2D eigenvalue weighted by Gasteiger charge is -2.11. The summed E-state index contributed by atoms with van der Waals surface area (Å²) in [6, 6.07) is 12.4. The van der Waals surface area contributed by atoms with E-state index in [1.54, 1.807) is 6.07 Å². The van der Waals surface area contributed by atoms with Crippen LogP contribution in [-0.4, -0.2) is 16.7 Å². The summed E-state index contributed by atoms with van der Waals surface area (Å²) in [5.74, 6) is -1.82. The van der Waals surface area contributed by atoms with Crippen molar-refractivity contribution in [3.63, 3.8) is 0 Å². The van der Waals surface area contributed by atoms with Gasteiger partial charge in [-0.1, -0.05) is 23.7 Å². The van der Waals surface area contributed by atoms with Crippen LogP contribution in [0.3, 0.4) is 0 Å². The maximum atomic E-state index is 13.9. The van der Waals surface area contributed by atoms with E-state index in [2.05, 4.69) is 10.3 Å². The third-order valence-electron chi connectivity index (χ3n) is 3.64. The summed E-state index contributed by atoms with van der Waals surface area (Å²) < 4.78 is 13.9. The van der Waals surface area contributed by atoms with Crippen LogP contribution in [0.1, 0.15) is 26.3 Å². The van der Waals surface area contributed by atoms with Crippen LogP contribution < -0.4 is 10.9 Å². The minimum atomic E-state index is -0.671. The van der Waals surface area contributed by atoms with Crippen molar-refractivity contribution in [2.24, 2.45) is 0 Å². The molecular formula is C19H12ClFN2O3. The number of hydrogen-bond donors (Lipinski definition) is 2. The van der Waals surface area contributed by atoms with E-state index in [1.165, 1.54) is 54.7 Å². The highest BCUT2D eigenvalue weighted by atomic mass is 35.5. The first kappa shape index (κ1) is 17.6. The minimum Gasteiger partial charge on any atom is -0.328 e. The summed E-state index contributed by atoms with van der Waals surface area (Å²) in [6.07, 6.45) is 1.26. The smallest absolute Gasteiger partial charge is 0.257 e. The normalized spacial score (nSPS) is 10.4. The third-order valence-corrected chi connectivity index (χ3v) is 3.87. The lowest BCUT2D eigenvalue weighted by atomic mass is 10.0. The Morgan fingerprint density at radius 3 is 2.46 bits per heavy atom. The van der Waals surface area contributed by atoms with Gasteiger partial charge in [-0.25, -0.2) is 4.39 Å². The zero-order valence-corrected chi connectivity index (χ0v) is 14.0. The van der Waals surface area contributed by atoms with Crippen LogP contribution in [0.2, 0.25) is 5.02 Å². The van der Waals surface area contributed by atoms with Crippen molar-refractivity contribution in [2.75, 3.05) is 5.32 Å².